The molecule has 0 N–H and O–H groups in total. The highest BCUT2D eigenvalue weighted by atomic mass is 16.2. The molecule has 0 aromatic carbocycles. The summed E-state index contributed by atoms with van der Waals surface area (Å²) < 4.78 is 0. The smallest absolute Gasteiger partial charge is 0.236 e. The van der Waals surface area contributed by atoms with Crippen LogP contribution in [0.4, 0.5) is 0 Å². The van der Waals surface area contributed by atoms with Crippen LogP contribution in [0.2, 0.25) is 0 Å². The Hall–Kier alpha value is -1.10. The van der Waals surface area contributed by atoms with Gasteiger partial charge in [-0.2, -0.15) is 0 Å². The Morgan fingerprint density at radius 1 is 1.00 bits per heavy atom. The van der Waals surface area contributed by atoms with Crippen LogP contribution in [0.3, 0.4) is 0 Å². The molecule has 0 bridgehead atoms. The molecule has 1 fully saturated rings. The van der Waals surface area contributed by atoms with Crippen molar-refractivity contribution in [3.63, 3.8) is 0 Å². The first-order valence-corrected chi connectivity index (χ1v) is 6.17. The highest BCUT2D eigenvalue weighted by Gasteiger charge is 2.18. The van der Waals surface area contributed by atoms with Gasteiger partial charge in [-0.1, -0.05) is 0 Å². The Morgan fingerprint density at radius 2 is 1.59 bits per heavy atom. The van der Waals surface area contributed by atoms with Gasteiger partial charge >= 0.3 is 0 Å². The molecule has 0 aromatic heterocycles. The lowest BCUT2D eigenvalue weighted by atomic mass is 10.1. The Kier molecular flexibility index (Phi) is 5.41. The van der Waals surface area contributed by atoms with Gasteiger partial charge in [0.15, 0.2) is 0 Å². The van der Waals surface area contributed by atoms with Gasteiger partial charge in [-0.15, -0.1) is 0 Å². The second-order valence-corrected chi connectivity index (χ2v) is 4.90. The molecule has 17 heavy (non-hydrogen) atoms. The first-order valence-electron chi connectivity index (χ1n) is 6.17. The fraction of sp³-hybridized carbons (Fsp3) is 0.833. The maximum Gasteiger partial charge on any atom is 0.236 e. The van der Waals surface area contributed by atoms with Gasteiger partial charge in [-0.3, -0.25) is 14.5 Å². The zero-order chi connectivity index (χ0) is 12.8. The molecular weight excluding hydrogens is 218 g/mol. The quantitative estimate of drug-likeness (QED) is 0.697. The zero-order valence-corrected chi connectivity index (χ0v) is 11.1. The summed E-state index contributed by atoms with van der Waals surface area (Å²) in [5, 5.41) is 0. The maximum absolute atomic E-state index is 11.9. The zero-order valence-electron chi connectivity index (χ0n) is 11.1. The number of hydrogen-bond donors (Lipinski definition) is 0. The van der Waals surface area contributed by atoms with Crippen molar-refractivity contribution in [3.05, 3.63) is 0 Å². The van der Waals surface area contributed by atoms with Gasteiger partial charge in [0.2, 0.25) is 11.8 Å². The van der Waals surface area contributed by atoms with Crippen LogP contribution >= 0.6 is 0 Å². The fourth-order valence-corrected chi connectivity index (χ4v) is 1.90. The minimum atomic E-state index is 0.0268. The number of hydrogen-bond acceptors (Lipinski definition) is 3. The highest BCUT2D eigenvalue weighted by molar-refractivity contribution is 5.81. The molecule has 0 unspecified atom stereocenters. The molecular formula is C12H23N3O2. The standard InChI is InChI=1S/C12H23N3O2/c1-13(2)11(16)9-14(3)10-12(17)15-7-5-4-6-8-15/h4-10H2,1-3H3. The molecule has 5 nitrogen and oxygen atoms in total. The molecule has 1 rings (SSSR count). The Balaban J connectivity index is 2.32. The summed E-state index contributed by atoms with van der Waals surface area (Å²) in [5.74, 6) is 0.165. The molecule has 0 aliphatic carbocycles. The van der Waals surface area contributed by atoms with Crippen LogP contribution in [-0.2, 0) is 9.59 Å². The average molecular weight is 241 g/mol. The van der Waals surface area contributed by atoms with E-state index in [1.165, 1.54) is 6.42 Å². The molecule has 98 valence electrons. The maximum atomic E-state index is 11.9. The lowest BCUT2D eigenvalue weighted by Crippen LogP contribution is -2.44. The molecule has 1 aliphatic heterocycles. The van der Waals surface area contributed by atoms with Crippen LogP contribution in [-0.4, -0.2) is 73.8 Å². The Bertz CT molecular complexity index is 273. The van der Waals surface area contributed by atoms with Crippen molar-refractivity contribution in [2.75, 3.05) is 47.3 Å². The predicted octanol–water partition coefficient (Wildman–Crippen LogP) is 0.0189. The van der Waals surface area contributed by atoms with E-state index in [1.807, 2.05) is 11.9 Å². The van der Waals surface area contributed by atoms with E-state index in [0.717, 1.165) is 25.9 Å². The third kappa shape index (κ3) is 4.73. The minimum absolute atomic E-state index is 0.0268. The summed E-state index contributed by atoms with van der Waals surface area (Å²) >= 11 is 0. The Labute approximate surface area is 103 Å². The summed E-state index contributed by atoms with van der Waals surface area (Å²) in [4.78, 5) is 28.6. The number of carbonyl (C=O) groups is 2. The van der Waals surface area contributed by atoms with E-state index in [0.29, 0.717) is 13.1 Å². The van der Waals surface area contributed by atoms with Crippen LogP contribution in [0.1, 0.15) is 19.3 Å². The van der Waals surface area contributed by atoms with Crippen LogP contribution in [0.15, 0.2) is 0 Å². The fourth-order valence-electron chi connectivity index (χ4n) is 1.90. The van der Waals surface area contributed by atoms with Crippen molar-refractivity contribution in [3.8, 4) is 0 Å². The van der Waals surface area contributed by atoms with Crippen molar-refractivity contribution in [1.82, 2.24) is 14.7 Å². The lowest BCUT2D eigenvalue weighted by molar-refractivity contribution is -0.134. The third-order valence-corrected chi connectivity index (χ3v) is 3.02. The molecule has 0 radical (unpaired) electrons. The number of amides is 2. The van der Waals surface area contributed by atoms with E-state index in [9.17, 15) is 9.59 Å². The van der Waals surface area contributed by atoms with Gasteiger partial charge in [-0.25, -0.2) is 0 Å². The SMILES string of the molecule is CN(CC(=O)N(C)C)CC(=O)N1CCCCC1. The van der Waals surface area contributed by atoms with Gasteiger partial charge in [0.1, 0.15) is 0 Å². The van der Waals surface area contributed by atoms with Crippen molar-refractivity contribution in [1.29, 1.82) is 0 Å². The first kappa shape index (κ1) is 14.0. The van der Waals surface area contributed by atoms with Gasteiger partial charge in [0.05, 0.1) is 13.1 Å². The molecule has 1 saturated heterocycles. The number of likely N-dealkylation sites (N-methyl/N-ethyl adjacent to an activating group) is 2. The van der Waals surface area contributed by atoms with E-state index in [2.05, 4.69) is 0 Å². The molecule has 5 heteroatoms. The largest absolute Gasteiger partial charge is 0.348 e. The third-order valence-electron chi connectivity index (χ3n) is 3.02. The second-order valence-electron chi connectivity index (χ2n) is 4.90. The molecule has 0 atom stereocenters. The summed E-state index contributed by atoms with van der Waals surface area (Å²) in [7, 11) is 5.26. The first-order chi connectivity index (χ1) is 8.00. The number of nitrogens with zero attached hydrogens (tertiary/aromatic N) is 3. The van der Waals surface area contributed by atoms with Crippen LogP contribution in [0.5, 0.6) is 0 Å². The van der Waals surface area contributed by atoms with E-state index in [4.69, 9.17) is 0 Å². The van der Waals surface area contributed by atoms with E-state index < -0.39 is 0 Å². The lowest BCUT2D eigenvalue weighted by Gasteiger charge is -2.28. The minimum Gasteiger partial charge on any atom is -0.348 e. The summed E-state index contributed by atoms with van der Waals surface area (Å²) in [6, 6.07) is 0. The van der Waals surface area contributed by atoms with Gasteiger partial charge in [-0.05, 0) is 26.3 Å². The monoisotopic (exact) mass is 241 g/mol. The topological polar surface area (TPSA) is 43.9 Å². The van der Waals surface area contributed by atoms with Crippen molar-refractivity contribution >= 4 is 11.8 Å². The number of carbonyl (C=O) groups excluding carboxylic acids is 2. The van der Waals surface area contributed by atoms with Gasteiger partial charge in [0, 0.05) is 27.2 Å². The van der Waals surface area contributed by atoms with E-state index in [1.54, 1.807) is 23.9 Å². The molecule has 1 aliphatic rings. The normalized spacial score (nSPS) is 16.1. The van der Waals surface area contributed by atoms with E-state index >= 15 is 0 Å². The van der Waals surface area contributed by atoms with Crippen molar-refractivity contribution in [2.24, 2.45) is 0 Å². The second kappa shape index (κ2) is 6.59. The number of rotatable bonds is 4. The summed E-state index contributed by atoms with van der Waals surface area (Å²) in [6.07, 6.45) is 3.43. The summed E-state index contributed by atoms with van der Waals surface area (Å²) in [5.41, 5.74) is 0. The average Bonchev–Trinajstić information content (AvgIpc) is 2.29. The van der Waals surface area contributed by atoms with Crippen LogP contribution in [0.25, 0.3) is 0 Å². The number of piperidine rings is 1. The molecule has 2 amide bonds. The highest BCUT2D eigenvalue weighted by Crippen LogP contribution is 2.08. The van der Waals surface area contributed by atoms with Gasteiger partial charge < -0.3 is 9.80 Å². The van der Waals surface area contributed by atoms with Crippen molar-refractivity contribution in [2.45, 2.75) is 19.3 Å². The van der Waals surface area contributed by atoms with Crippen molar-refractivity contribution < 1.29 is 9.59 Å². The number of likely N-dealkylation sites (tertiary alicyclic amines) is 1. The molecule has 0 spiro atoms. The van der Waals surface area contributed by atoms with Gasteiger partial charge in [0.25, 0.3) is 0 Å². The van der Waals surface area contributed by atoms with Crippen LogP contribution in [0, 0.1) is 0 Å². The van der Waals surface area contributed by atoms with Crippen LogP contribution < -0.4 is 0 Å². The predicted molar refractivity (Wildman–Crippen MR) is 66.6 cm³/mol. The summed E-state index contributed by atoms with van der Waals surface area (Å²) in [6.45, 7) is 2.37. The molecule has 1 heterocycles. The Morgan fingerprint density at radius 3 is 2.12 bits per heavy atom. The molecule has 0 aromatic rings. The van der Waals surface area contributed by atoms with E-state index in [-0.39, 0.29) is 11.8 Å². The molecule has 0 saturated carbocycles.